The van der Waals surface area contributed by atoms with Gasteiger partial charge in [-0.25, -0.2) is 9.48 Å². The number of aromatic nitrogens is 2. The number of carbonyl (C=O) groups is 1. The monoisotopic (exact) mass is 500 g/mol. The van der Waals surface area contributed by atoms with Crippen LogP contribution in [-0.2, 0) is 16.1 Å². The van der Waals surface area contributed by atoms with Crippen LogP contribution in [0.4, 0.5) is 0 Å². The molecule has 1 heterocycles. The van der Waals surface area contributed by atoms with Gasteiger partial charge in [-0.05, 0) is 61.3 Å². The van der Waals surface area contributed by atoms with Gasteiger partial charge in [-0.2, -0.15) is 5.10 Å². The third-order valence-corrected chi connectivity index (χ3v) is 6.63. The molecule has 1 fully saturated rings. The molecular formula is C26H26Cl2N2O4. The van der Waals surface area contributed by atoms with Crippen LogP contribution in [0.2, 0.25) is 10.0 Å². The van der Waals surface area contributed by atoms with E-state index in [1.165, 1.54) is 0 Å². The lowest BCUT2D eigenvalue weighted by atomic mass is 9.82. The summed E-state index contributed by atoms with van der Waals surface area (Å²) in [6.45, 7) is 0.746. The minimum Gasteiger partial charge on any atom is -0.480 e. The van der Waals surface area contributed by atoms with E-state index in [0.29, 0.717) is 46.3 Å². The van der Waals surface area contributed by atoms with E-state index in [1.54, 1.807) is 28.9 Å². The Balaban J connectivity index is 1.56. The van der Waals surface area contributed by atoms with Gasteiger partial charge in [-0.3, -0.25) is 4.79 Å². The Bertz CT molecular complexity index is 1180. The summed E-state index contributed by atoms with van der Waals surface area (Å²) in [5, 5.41) is 14.5. The fourth-order valence-corrected chi connectivity index (χ4v) is 5.02. The summed E-state index contributed by atoms with van der Waals surface area (Å²) >= 11 is 12.5. The highest BCUT2D eigenvalue weighted by atomic mass is 35.5. The number of halogens is 2. The van der Waals surface area contributed by atoms with Crippen molar-refractivity contribution in [1.82, 2.24) is 9.78 Å². The molecule has 0 atom stereocenters. The van der Waals surface area contributed by atoms with Crippen molar-refractivity contribution in [3.8, 4) is 22.4 Å². The van der Waals surface area contributed by atoms with Crippen molar-refractivity contribution in [3.63, 3.8) is 0 Å². The number of nitrogens with zero attached hydrogens (tertiary/aromatic N) is 2. The molecule has 0 amide bonds. The molecule has 3 aromatic rings. The van der Waals surface area contributed by atoms with Crippen LogP contribution in [0, 0.1) is 11.8 Å². The van der Waals surface area contributed by atoms with E-state index in [4.69, 9.17) is 38.1 Å². The van der Waals surface area contributed by atoms with Crippen LogP contribution in [-0.4, -0.2) is 34.1 Å². The summed E-state index contributed by atoms with van der Waals surface area (Å²) in [5.74, 6) is -0.261. The van der Waals surface area contributed by atoms with Crippen LogP contribution >= 0.6 is 23.2 Å². The van der Waals surface area contributed by atoms with E-state index in [-0.39, 0.29) is 12.2 Å². The molecule has 8 heteroatoms. The molecule has 0 aliphatic heterocycles. The van der Waals surface area contributed by atoms with Crippen LogP contribution < -0.4 is 5.56 Å². The lowest BCUT2D eigenvalue weighted by Gasteiger charge is -2.28. The zero-order chi connectivity index (χ0) is 24.1. The van der Waals surface area contributed by atoms with Crippen molar-refractivity contribution in [1.29, 1.82) is 0 Å². The Labute approximate surface area is 208 Å². The Morgan fingerprint density at radius 3 is 2.26 bits per heavy atom. The number of rotatable bonds is 8. The predicted molar refractivity (Wildman–Crippen MR) is 133 cm³/mol. The number of benzene rings is 2. The van der Waals surface area contributed by atoms with E-state index in [1.807, 2.05) is 30.3 Å². The van der Waals surface area contributed by atoms with Crippen molar-refractivity contribution in [2.24, 2.45) is 11.8 Å². The second-order valence-electron chi connectivity index (χ2n) is 8.75. The van der Waals surface area contributed by atoms with Crippen molar-refractivity contribution >= 4 is 29.2 Å². The minimum atomic E-state index is -0.947. The molecule has 1 aromatic heterocycles. The normalized spacial score (nSPS) is 18.1. The van der Waals surface area contributed by atoms with Gasteiger partial charge >= 0.3 is 5.97 Å². The highest BCUT2D eigenvalue weighted by Crippen LogP contribution is 2.34. The highest BCUT2D eigenvalue weighted by Gasteiger charge is 2.23. The first kappa shape index (κ1) is 24.5. The van der Waals surface area contributed by atoms with Gasteiger partial charge in [0.2, 0.25) is 0 Å². The molecule has 1 N–H and O–H groups in total. The standard InChI is InChI=1S/C26H26Cl2N2O4/c27-21-10-20(11-22(28)12-21)23-13-24(31)30(29-26(23)19-4-2-1-3-5-19)14-17-6-8-18(9-7-17)15-34-16-25(32)33/h1-5,10-13,17-18H,6-9,14-16H2,(H,32,33). The molecule has 178 valence electrons. The Kier molecular flexibility index (Phi) is 8.03. The fraction of sp³-hybridized carbons (Fsp3) is 0.346. The molecular weight excluding hydrogens is 475 g/mol. The Morgan fingerprint density at radius 1 is 0.971 bits per heavy atom. The molecule has 0 radical (unpaired) electrons. The summed E-state index contributed by atoms with van der Waals surface area (Å²) < 4.78 is 6.82. The van der Waals surface area contributed by atoms with Gasteiger partial charge in [0.15, 0.2) is 0 Å². The summed E-state index contributed by atoms with van der Waals surface area (Å²) in [5.41, 5.74) is 2.87. The molecule has 1 aliphatic rings. The van der Waals surface area contributed by atoms with Crippen LogP contribution in [0.25, 0.3) is 22.4 Å². The van der Waals surface area contributed by atoms with Gasteiger partial charge in [0.05, 0.1) is 12.3 Å². The zero-order valence-electron chi connectivity index (χ0n) is 18.6. The molecule has 0 saturated heterocycles. The highest BCUT2D eigenvalue weighted by molar-refractivity contribution is 6.35. The van der Waals surface area contributed by atoms with Crippen LogP contribution in [0.15, 0.2) is 59.4 Å². The molecule has 1 aliphatic carbocycles. The second kappa shape index (κ2) is 11.2. The molecule has 4 rings (SSSR count). The van der Waals surface area contributed by atoms with E-state index < -0.39 is 5.97 Å². The van der Waals surface area contributed by atoms with E-state index in [9.17, 15) is 9.59 Å². The molecule has 2 aromatic carbocycles. The lowest BCUT2D eigenvalue weighted by Crippen LogP contribution is -2.29. The maximum atomic E-state index is 13.1. The molecule has 34 heavy (non-hydrogen) atoms. The maximum absolute atomic E-state index is 13.1. The van der Waals surface area contributed by atoms with Crippen molar-refractivity contribution in [2.75, 3.05) is 13.2 Å². The summed E-state index contributed by atoms with van der Waals surface area (Å²) in [6.07, 6.45) is 3.79. The van der Waals surface area contributed by atoms with Crippen molar-refractivity contribution in [2.45, 2.75) is 32.2 Å². The van der Waals surface area contributed by atoms with Gasteiger partial charge in [-0.15, -0.1) is 0 Å². The summed E-state index contributed by atoms with van der Waals surface area (Å²) in [7, 11) is 0. The van der Waals surface area contributed by atoms with Gasteiger partial charge in [-0.1, -0.05) is 53.5 Å². The first-order valence-corrected chi connectivity index (χ1v) is 12.1. The number of hydrogen-bond donors (Lipinski definition) is 1. The number of ether oxygens (including phenoxy) is 1. The third-order valence-electron chi connectivity index (χ3n) is 6.20. The number of hydrogen-bond acceptors (Lipinski definition) is 4. The summed E-state index contributed by atoms with van der Waals surface area (Å²) in [6, 6.07) is 16.6. The predicted octanol–water partition coefficient (Wildman–Crippen LogP) is 5.79. The third kappa shape index (κ3) is 6.26. The van der Waals surface area contributed by atoms with E-state index >= 15 is 0 Å². The number of aliphatic carboxylic acids is 1. The van der Waals surface area contributed by atoms with Gasteiger partial charge < -0.3 is 9.84 Å². The molecule has 0 spiro atoms. The van der Waals surface area contributed by atoms with Crippen molar-refractivity contribution in [3.05, 3.63) is 75.0 Å². The fourth-order valence-electron chi connectivity index (χ4n) is 4.50. The quantitative estimate of drug-likeness (QED) is 0.423. The largest absolute Gasteiger partial charge is 0.480 e. The lowest BCUT2D eigenvalue weighted by molar-refractivity contribution is -0.142. The zero-order valence-corrected chi connectivity index (χ0v) is 20.1. The van der Waals surface area contributed by atoms with Crippen molar-refractivity contribution < 1.29 is 14.6 Å². The molecule has 0 bridgehead atoms. The van der Waals surface area contributed by atoms with Crippen LogP contribution in [0.3, 0.4) is 0 Å². The van der Waals surface area contributed by atoms with E-state index in [0.717, 1.165) is 36.8 Å². The maximum Gasteiger partial charge on any atom is 0.329 e. The number of carboxylic acids is 1. The van der Waals surface area contributed by atoms with Crippen LogP contribution in [0.1, 0.15) is 25.7 Å². The molecule has 1 saturated carbocycles. The SMILES string of the molecule is O=C(O)COCC1CCC(Cn2nc(-c3ccccc3)c(-c3cc(Cl)cc(Cl)c3)cc2=O)CC1. The summed E-state index contributed by atoms with van der Waals surface area (Å²) in [4.78, 5) is 23.7. The average molecular weight is 501 g/mol. The first-order chi connectivity index (χ1) is 16.4. The van der Waals surface area contributed by atoms with Crippen LogP contribution in [0.5, 0.6) is 0 Å². The minimum absolute atomic E-state index is 0.169. The first-order valence-electron chi connectivity index (χ1n) is 11.3. The molecule has 6 nitrogen and oxygen atoms in total. The smallest absolute Gasteiger partial charge is 0.329 e. The van der Waals surface area contributed by atoms with E-state index in [2.05, 4.69) is 0 Å². The Hall–Kier alpha value is -2.67. The topological polar surface area (TPSA) is 81.4 Å². The average Bonchev–Trinajstić information content (AvgIpc) is 2.81. The van der Waals surface area contributed by atoms with Gasteiger partial charge in [0.1, 0.15) is 6.61 Å². The number of carboxylic acid groups (broad SMARTS) is 1. The van der Waals surface area contributed by atoms with Gasteiger partial charge in [0.25, 0.3) is 5.56 Å². The molecule has 0 unspecified atom stereocenters. The second-order valence-corrected chi connectivity index (χ2v) is 9.62. The Morgan fingerprint density at radius 2 is 1.62 bits per heavy atom. The van der Waals surface area contributed by atoms with Gasteiger partial charge in [0, 0.05) is 33.8 Å².